The summed E-state index contributed by atoms with van der Waals surface area (Å²) in [5.74, 6) is 0.909. The lowest BCUT2D eigenvalue weighted by atomic mass is 10.1. The van der Waals surface area contributed by atoms with Crippen LogP contribution in [0.25, 0.3) is 0 Å². The van der Waals surface area contributed by atoms with Crippen LogP contribution in [0.4, 0.5) is 0 Å². The predicted molar refractivity (Wildman–Crippen MR) is 106 cm³/mol. The third-order valence-corrected chi connectivity index (χ3v) is 4.66. The van der Waals surface area contributed by atoms with Crippen molar-refractivity contribution < 1.29 is 14.0 Å². The van der Waals surface area contributed by atoms with Gasteiger partial charge in [0.2, 0.25) is 0 Å². The van der Waals surface area contributed by atoms with E-state index < -0.39 is 0 Å². The molecule has 0 aromatic carbocycles. The topological polar surface area (TPSA) is 72.1 Å². The number of likely N-dealkylation sites (tertiary alicyclic amines) is 1. The van der Waals surface area contributed by atoms with Gasteiger partial charge in [-0.25, -0.2) is 0 Å². The second-order valence-corrected chi connectivity index (χ2v) is 6.40. The van der Waals surface area contributed by atoms with Crippen LogP contribution in [0.2, 0.25) is 0 Å². The lowest BCUT2D eigenvalue weighted by Crippen LogP contribution is -2.47. The Balaban J connectivity index is 0.00000225. The highest BCUT2D eigenvalue weighted by atomic mass is 127. The van der Waals surface area contributed by atoms with Crippen molar-refractivity contribution in [2.75, 3.05) is 33.4 Å². The third-order valence-electron chi connectivity index (χ3n) is 4.66. The highest BCUT2D eigenvalue weighted by Gasteiger charge is 2.23. The van der Waals surface area contributed by atoms with Crippen LogP contribution in [-0.2, 0) is 16.0 Å². The summed E-state index contributed by atoms with van der Waals surface area (Å²) in [6.45, 7) is 4.16. The zero-order valence-corrected chi connectivity index (χ0v) is 17.2. The van der Waals surface area contributed by atoms with Crippen molar-refractivity contribution in [1.82, 2.24) is 15.4 Å². The van der Waals surface area contributed by atoms with Crippen molar-refractivity contribution in [1.29, 1.82) is 0 Å². The fourth-order valence-electron chi connectivity index (χ4n) is 3.25. The van der Waals surface area contributed by atoms with Crippen molar-refractivity contribution in [2.24, 2.45) is 4.99 Å². The van der Waals surface area contributed by atoms with Crippen molar-refractivity contribution in [3.63, 3.8) is 0 Å². The summed E-state index contributed by atoms with van der Waals surface area (Å²) in [5.41, 5.74) is 0.877. The lowest BCUT2D eigenvalue weighted by molar-refractivity contribution is -0.0721. The van der Waals surface area contributed by atoms with Crippen LogP contribution in [0.5, 0.6) is 0 Å². The second-order valence-electron chi connectivity index (χ2n) is 6.40. The summed E-state index contributed by atoms with van der Waals surface area (Å²) in [5, 5.41) is 7.24. The summed E-state index contributed by atoms with van der Waals surface area (Å²) >= 11 is 0. The van der Waals surface area contributed by atoms with Crippen LogP contribution in [-0.4, -0.2) is 61.6 Å². The van der Waals surface area contributed by atoms with E-state index in [0.29, 0.717) is 18.8 Å². The van der Waals surface area contributed by atoms with E-state index in [-0.39, 0.29) is 24.0 Å². The first kappa shape index (κ1) is 20.4. The van der Waals surface area contributed by atoms with Gasteiger partial charge in [0.15, 0.2) is 5.96 Å². The zero-order chi connectivity index (χ0) is 16.6. The molecule has 0 spiro atoms. The van der Waals surface area contributed by atoms with E-state index in [1.54, 1.807) is 6.26 Å². The Morgan fingerprint density at radius 3 is 2.84 bits per heavy atom. The van der Waals surface area contributed by atoms with Crippen molar-refractivity contribution in [3.8, 4) is 0 Å². The van der Waals surface area contributed by atoms with Crippen molar-refractivity contribution >= 4 is 29.9 Å². The minimum absolute atomic E-state index is 0. The summed E-state index contributed by atoms with van der Waals surface area (Å²) in [6.07, 6.45) is 7.86. The number of nitrogens with one attached hydrogen (secondary N) is 1. The number of nitrogens with zero attached hydrogens (tertiary/aromatic N) is 3. The largest absolute Gasteiger partial charge is 0.376 e. The first-order chi connectivity index (χ1) is 11.8. The number of hydrogen-bond acceptors (Lipinski definition) is 5. The lowest BCUT2D eigenvalue weighted by Gasteiger charge is -2.35. The molecule has 1 aromatic heterocycles. The van der Waals surface area contributed by atoms with Gasteiger partial charge in [-0.1, -0.05) is 5.16 Å². The summed E-state index contributed by atoms with van der Waals surface area (Å²) in [7, 11) is 1.81. The molecular weight excluding hydrogens is 435 g/mol. The predicted octanol–water partition coefficient (Wildman–Crippen LogP) is 2.42. The Labute approximate surface area is 166 Å². The Morgan fingerprint density at radius 2 is 2.20 bits per heavy atom. The molecule has 1 atom stereocenters. The number of guanidine groups is 1. The van der Waals surface area contributed by atoms with Crippen LogP contribution >= 0.6 is 24.0 Å². The van der Waals surface area contributed by atoms with Crippen LogP contribution in [0.3, 0.4) is 0 Å². The minimum atomic E-state index is 0. The SMILES string of the molecule is CN=C(NCc1ccon1)N1CCC(OCC2CCCCO2)CC1.I. The first-order valence-corrected chi connectivity index (χ1v) is 8.93. The van der Waals surface area contributed by atoms with Gasteiger partial charge in [0.25, 0.3) is 0 Å². The molecule has 3 rings (SSSR count). The molecule has 2 aliphatic heterocycles. The quantitative estimate of drug-likeness (QED) is 0.410. The number of ether oxygens (including phenoxy) is 2. The average Bonchev–Trinajstić information content (AvgIpc) is 3.16. The van der Waals surface area contributed by atoms with E-state index in [2.05, 4.69) is 20.4 Å². The molecule has 142 valence electrons. The standard InChI is InChI=1S/C17H28N4O3.HI/c1-18-17(19-12-14-7-11-24-20-14)21-8-5-15(6-9-21)23-13-16-4-2-3-10-22-16;/h7,11,15-16H,2-6,8-10,12-13H2,1H3,(H,18,19);1H. The van der Waals surface area contributed by atoms with E-state index in [4.69, 9.17) is 14.0 Å². The Bertz CT molecular complexity index is 498. The molecule has 0 saturated carbocycles. The molecule has 0 aliphatic carbocycles. The number of aromatic nitrogens is 1. The average molecular weight is 464 g/mol. The minimum Gasteiger partial charge on any atom is -0.376 e. The molecule has 1 N–H and O–H groups in total. The molecule has 0 amide bonds. The highest BCUT2D eigenvalue weighted by molar-refractivity contribution is 14.0. The molecular formula is C17H29IN4O3. The molecule has 0 bridgehead atoms. The van der Waals surface area contributed by atoms with Crippen molar-refractivity contribution in [2.45, 2.75) is 50.9 Å². The summed E-state index contributed by atoms with van der Waals surface area (Å²) in [4.78, 5) is 6.64. The van der Waals surface area contributed by atoms with Gasteiger partial charge in [-0.3, -0.25) is 4.99 Å². The van der Waals surface area contributed by atoms with E-state index in [1.165, 1.54) is 12.8 Å². The van der Waals surface area contributed by atoms with Gasteiger partial charge in [-0.15, -0.1) is 24.0 Å². The number of rotatable bonds is 5. The molecule has 0 radical (unpaired) electrons. The van der Waals surface area contributed by atoms with Gasteiger partial charge in [0.1, 0.15) is 12.0 Å². The van der Waals surface area contributed by atoms with E-state index >= 15 is 0 Å². The molecule has 2 aliphatic rings. The monoisotopic (exact) mass is 464 g/mol. The molecule has 25 heavy (non-hydrogen) atoms. The number of halogens is 1. The molecule has 8 heteroatoms. The Hall–Kier alpha value is -0.870. The van der Waals surface area contributed by atoms with Crippen LogP contribution in [0, 0.1) is 0 Å². The van der Waals surface area contributed by atoms with Crippen LogP contribution in [0.1, 0.15) is 37.8 Å². The Morgan fingerprint density at radius 1 is 1.36 bits per heavy atom. The van der Waals surface area contributed by atoms with Gasteiger partial charge in [-0.05, 0) is 32.1 Å². The van der Waals surface area contributed by atoms with E-state index in [1.807, 2.05) is 13.1 Å². The molecule has 7 nitrogen and oxygen atoms in total. The second kappa shape index (κ2) is 11.0. The maximum Gasteiger partial charge on any atom is 0.193 e. The van der Waals surface area contributed by atoms with E-state index in [0.717, 1.165) is 57.2 Å². The molecule has 3 heterocycles. The van der Waals surface area contributed by atoms with Crippen molar-refractivity contribution in [3.05, 3.63) is 18.0 Å². The zero-order valence-electron chi connectivity index (χ0n) is 14.9. The van der Waals surface area contributed by atoms with Gasteiger partial charge >= 0.3 is 0 Å². The summed E-state index contributed by atoms with van der Waals surface area (Å²) < 4.78 is 16.7. The van der Waals surface area contributed by atoms with Gasteiger partial charge < -0.3 is 24.2 Å². The normalized spacial score (nSPS) is 22.5. The van der Waals surface area contributed by atoms with Gasteiger partial charge in [-0.2, -0.15) is 0 Å². The number of piperidine rings is 1. The van der Waals surface area contributed by atoms with Gasteiger partial charge in [0.05, 0.1) is 25.4 Å². The van der Waals surface area contributed by atoms with Gasteiger partial charge in [0, 0.05) is 32.8 Å². The molecule has 1 aromatic rings. The van der Waals surface area contributed by atoms with Crippen LogP contribution < -0.4 is 5.32 Å². The maximum absolute atomic E-state index is 6.07. The first-order valence-electron chi connectivity index (χ1n) is 8.93. The van der Waals surface area contributed by atoms with Crippen LogP contribution in [0.15, 0.2) is 21.8 Å². The number of hydrogen-bond donors (Lipinski definition) is 1. The van der Waals surface area contributed by atoms with E-state index in [9.17, 15) is 0 Å². The fraction of sp³-hybridized carbons (Fsp3) is 0.765. The molecule has 1 unspecified atom stereocenters. The smallest absolute Gasteiger partial charge is 0.193 e. The maximum atomic E-state index is 6.07. The third kappa shape index (κ3) is 6.41. The highest BCUT2D eigenvalue weighted by Crippen LogP contribution is 2.18. The fourth-order valence-corrected chi connectivity index (χ4v) is 3.25. The summed E-state index contributed by atoms with van der Waals surface area (Å²) in [6, 6.07) is 1.85. The molecule has 2 fully saturated rings. The molecule has 2 saturated heterocycles. The number of aliphatic imine (C=N–C) groups is 1. The Kier molecular flexibility index (Phi) is 8.97.